The van der Waals surface area contributed by atoms with Crippen molar-refractivity contribution in [1.29, 1.82) is 0 Å². The Bertz CT molecular complexity index is 633. The third-order valence-electron chi connectivity index (χ3n) is 4.69. The molecular formula is C16H26N6O5. The molecule has 3 atom stereocenters. The van der Waals surface area contributed by atoms with Crippen LogP contribution in [0.5, 0.6) is 0 Å². The van der Waals surface area contributed by atoms with Gasteiger partial charge in [0.2, 0.25) is 17.7 Å². The molecule has 2 aliphatic heterocycles. The number of aliphatic imine (C=N–C) groups is 1. The Morgan fingerprint density at radius 2 is 2.07 bits per heavy atom. The van der Waals surface area contributed by atoms with Gasteiger partial charge in [-0.15, -0.1) is 0 Å². The van der Waals surface area contributed by atoms with Crippen LogP contribution in [0.25, 0.3) is 0 Å². The second-order valence-corrected chi connectivity index (χ2v) is 6.70. The molecule has 0 saturated carbocycles. The molecule has 3 unspecified atom stereocenters. The number of nitrogens with one attached hydrogen (secondary N) is 2. The molecule has 150 valence electrons. The summed E-state index contributed by atoms with van der Waals surface area (Å²) in [7, 11) is 0. The normalized spacial score (nSPS) is 22.8. The van der Waals surface area contributed by atoms with Crippen LogP contribution in [0, 0.1) is 0 Å². The van der Waals surface area contributed by atoms with E-state index < -0.39 is 30.0 Å². The summed E-state index contributed by atoms with van der Waals surface area (Å²) in [5.74, 6) is -2.21. The molecule has 0 aliphatic carbocycles. The van der Waals surface area contributed by atoms with Gasteiger partial charge in [-0.05, 0) is 32.1 Å². The lowest BCUT2D eigenvalue weighted by atomic mass is 10.1. The van der Waals surface area contributed by atoms with Crippen molar-refractivity contribution < 1.29 is 24.3 Å². The van der Waals surface area contributed by atoms with Crippen LogP contribution in [-0.2, 0) is 19.2 Å². The predicted octanol–water partition coefficient (Wildman–Crippen LogP) is -2.12. The summed E-state index contributed by atoms with van der Waals surface area (Å²) in [6, 6.07) is -2.43. The second-order valence-electron chi connectivity index (χ2n) is 6.70. The molecule has 2 heterocycles. The Morgan fingerprint density at radius 1 is 1.33 bits per heavy atom. The van der Waals surface area contributed by atoms with Crippen LogP contribution in [0.4, 0.5) is 0 Å². The minimum Gasteiger partial charge on any atom is -0.480 e. The number of likely N-dealkylation sites (tertiary alicyclic amines) is 1. The molecule has 2 rings (SSSR count). The predicted molar refractivity (Wildman–Crippen MR) is 95.4 cm³/mol. The topological polar surface area (TPSA) is 180 Å². The van der Waals surface area contributed by atoms with Gasteiger partial charge in [0.05, 0.1) is 0 Å². The van der Waals surface area contributed by atoms with Crippen molar-refractivity contribution in [3.05, 3.63) is 0 Å². The van der Waals surface area contributed by atoms with E-state index in [1.54, 1.807) is 0 Å². The first kappa shape index (κ1) is 20.5. The number of guanidine groups is 1. The molecule has 2 fully saturated rings. The van der Waals surface area contributed by atoms with Crippen molar-refractivity contribution in [3.63, 3.8) is 0 Å². The molecule has 0 spiro atoms. The van der Waals surface area contributed by atoms with Crippen molar-refractivity contribution >= 4 is 29.7 Å². The molecule has 0 radical (unpaired) electrons. The van der Waals surface area contributed by atoms with Crippen molar-refractivity contribution in [3.8, 4) is 0 Å². The number of carbonyl (C=O) groups is 4. The highest BCUT2D eigenvalue weighted by Crippen LogP contribution is 2.21. The van der Waals surface area contributed by atoms with Gasteiger partial charge in [0.1, 0.15) is 18.1 Å². The van der Waals surface area contributed by atoms with Crippen LogP contribution in [-0.4, -0.2) is 70.9 Å². The summed E-state index contributed by atoms with van der Waals surface area (Å²) in [5, 5.41) is 14.4. The average Bonchev–Trinajstić information content (AvgIpc) is 3.25. The molecular weight excluding hydrogens is 356 g/mol. The van der Waals surface area contributed by atoms with Gasteiger partial charge in [0.15, 0.2) is 5.96 Å². The fourth-order valence-electron chi connectivity index (χ4n) is 3.33. The molecule has 7 N–H and O–H groups in total. The highest BCUT2D eigenvalue weighted by atomic mass is 16.4. The van der Waals surface area contributed by atoms with Crippen molar-refractivity contribution in [1.82, 2.24) is 15.5 Å². The Morgan fingerprint density at radius 3 is 2.67 bits per heavy atom. The maximum Gasteiger partial charge on any atom is 0.326 e. The second kappa shape index (κ2) is 9.19. The smallest absolute Gasteiger partial charge is 0.326 e. The third kappa shape index (κ3) is 5.56. The summed E-state index contributed by atoms with van der Waals surface area (Å²) in [5.41, 5.74) is 10.4. The van der Waals surface area contributed by atoms with E-state index in [0.717, 1.165) is 0 Å². The molecule has 11 nitrogen and oxygen atoms in total. The van der Waals surface area contributed by atoms with Gasteiger partial charge in [-0.1, -0.05) is 0 Å². The number of hydrogen-bond donors (Lipinski definition) is 5. The first-order valence-electron chi connectivity index (χ1n) is 8.98. The number of hydrogen-bond acceptors (Lipinski definition) is 5. The fourth-order valence-corrected chi connectivity index (χ4v) is 3.33. The molecule has 27 heavy (non-hydrogen) atoms. The lowest BCUT2D eigenvalue weighted by molar-refractivity contribution is -0.144. The summed E-state index contributed by atoms with van der Waals surface area (Å²) in [6.07, 6.45) is 2.35. The van der Waals surface area contributed by atoms with Crippen molar-refractivity contribution in [2.75, 3.05) is 13.1 Å². The van der Waals surface area contributed by atoms with E-state index in [-0.39, 0.29) is 37.2 Å². The van der Waals surface area contributed by atoms with Gasteiger partial charge in [0, 0.05) is 19.5 Å². The molecule has 0 bridgehead atoms. The Balaban J connectivity index is 1.93. The largest absolute Gasteiger partial charge is 0.480 e. The van der Waals surface area contributed by atoms with Gasteiger partial charge in [-0.25, -0.2) is 4.79 Å². The number of carbonyl (C=O) groups excluding carboxylic acids is 3. The highest BCUT2D eigenvalue weighted by molar-refractivity contribution is 5.95. The first-order valence-corrected chi connectivity index (χ1v) is 8.98. The minimum absolute atomic E-state index is 0.0787. The number of rotatable bonds is 8. The summed E-state index contributed by atoms with van der Waals surface area (Å²) < 4.78 is 0. The lowest BCUT2D eigenvalue weighted by Crippen LogP contribution is -2.54. The van der Waals surface area contributed by atoms with Crippen LogP contribution in [0.2, 0.25) is 0 Å². The zero-order valence-corrected chi connectivity index (χ0v) is 15.0. The van der Waals surface area contributed by atoms with Crippen molar-refractivity contribution in [2.45, 2.75) is 56.7 Å². The van der Waals surface area contributed by atoms with E-state index in [4.69, 9.17) is 11.5 Å². The molecule has 3 amide bonds. The van der Waals surface area contributed by atoms with E-state index in [0.29, 0.717) is 32.2 Å². The zero-order valence-electron chi connectivity index (χ0n) is 15.0. The maximum atomic E-state index is 12.6. The number of amides is 3. The van der Waals surface area contributed by atoms with Crippen LogP contribution >= 0.6 is 0 Å². The van der Waals surface area contributed by atoms with E-state index >= 15 is 0 Å². The Hall–Kier alpha value is -2.85. The Kier molecular flexibility index (Phi) is 6.97. The summed E-state index contributed by atoms with van der Waals surface area (Å²) in [6.45, 7) is 0.670. The van der Waals surface area contributed by atoms with E-state index in [2.05, 4.69) is 15.6 Å². The number of nitrogens with two attached hydrogens (primary N) is 2. The molecule has 2 aliphatic rings. The van der Waals surface area contributed by atoms with Gasteiger partial charge < -0.3 is 32.1 Å². The molecule has 0 aromatic rings. The first-order chi connectivity index (χ1) is 12.8. The third-order valence-corrected chi connectivity index (χ3v) is 4.69. The van der Waals surface area contributed by atoms with E-state index in [1.165, 1.54) is 4.90 Å². The van der Waals surface area contributed by atoms with Crippen LogP contribution in [0.15, 0.2) is 4.99 Å². The molecule has 11 heteroatoms. The maximum absolute atomic E-state index is 12.6. The van der Waals surface area contributed by atoms with Gasteiger partial charge in [-0.3, -0.25) is 19.4 Å². The van der Waals surface area contributed by atoms with E-state index in [1.807, 2.05) is 0 Å². The quantitative estimate of drug-likeness (QED) is 0.181. The number of aliphatic carboxylic acids is 1. The number of nitrogens with zero attached hydrogens (tertiary/aromatic N) is 2. The highest BCUT2D eigenvalue weighted by Gasteiger charge is 2.40. The minimum atomic E-state index is -1.16. The van der Waals surface area contributed by atoms with Crippen LogP contribution in [0.1, 0.15) is 38.5 Å². The van der Waals surface area contributed by atoms with Crippen molar-refractivity contribution in [2.24, 2.45) is 16.5 Å². The molecule has 2 saturated heterocycles. The zero-order chi connectivity index (χ0) is 20.0. The van der Waals surface area contributed by atoms with Gasteiger partial charge >= 0.3 is 5.97 Å². The number of carboxylic acid groups (broad SMARTS) is 1. The standard InChI is InChI=1S/C16H26N6O5/c17-16(18)19-7-1-3-10(15(26)27)21-13(24)11-4-2-8-22(11)14(25)9-5-6-12(23)20-9/h9-11H,1-8H2,(H,20,23)(H,21,24)(H,26,27)(H4,17,18,19). The van der Waals surface area contributed by atoms with Gasteiger partial charge in [0.25, 0.3) is 0 Å². The molecule has 0 aromatic heterocycles. The monoisotopic (exact) mass is 382 g/mol. The summed E-state index contributed by atoms with van der Waals surface area (Å²) in [4.78, 5) is 53.1. The number of carboxylic acids is 1. The lowest BCUT2D eigenvalue weighted by Gasteiger charge is -2.27. The fraction of sp³-hybridized carbons (Fsp3) is 0.688. The van der Waals surface area contributed by atoms with Crippen LogP contribution < -0.4 is 22.1 Å². The average molecular weight is 382 g/mol. The SMILES string of the molecule is NC(N)=NCCCC(NC(=O)C1CCCN1C(=O)C1CCC(=O)N1)C(=O)O. The summed E-state index contributed by atoms with van der Waals surface area (Å²) >= 11 is 0. The molecule has 0 aromatic carbocycles. The Labute approximate surface area is 156 Å². The van der Waals surface area contributed by atoms with Gasteiger partial charge in [-0.2, -0.15) is 0 Å². The van der Waals surface area contributed by atoms with E-state index in [9.17, 15) is 24.3 Å². The van der Waals surface area contributed by atoms with Crippen LogP contribution in [0.3, 0.4) is 0 Å².